The molecule has 7 heteroatoms. The van der Waals surface area contributed by atoms with Crippen molar-refractivity contribution in [1.29, 1.82) is 0 Å². The highest BCUT2D eigenvalue weighted by Crippen LogP contribution is 2.22. The largest absolute Gasteiger partial charge is 0.364 e. The number of rotatable bonds is 4. The van der Waals surface area contributed by atoms with E-state index in [9.17, 15) is 9.59 Å². The van der Waals surface area contributed by atoms with Gasteiger partial charge < -0.3 is 20.7 Å². The monoisotopic (exact) mass is 327 g/mol. The fraction of sp³-hybridized carbons (Fsp3) is 0.467. The number of nitrogens with zero attached hydrogens (tertiary/aromatic N) is 1. The van der Waals surface area contributed by atoms with Gasteiger partial charge >= 0.3 is 0 Å². The molecule has 0 radical (unpaired) electrons. The molecule has 0 aromatic heterocycles. The molecule has 2 rings (SSSR count). The van der Waals surface area contributed by atoms with Gasteiger partial charge in [-0.15, -0.1) is 12.4 Å². The van der Waals surface area contributed by atoms with Crippen molar-refractivity contribution in [2.24, 2.45) is 5.73 Å². The minimum absolute atomic E-state index is 0. The molecule has 2 amide bonds. The molecule has 1 aliphatic heterocycles. The van der Waals surface area contributed by atoms with Crippen LogP contribution in [0.25, 0.3) is 0 Å². The molecule has 1 saturated heterocycles. The van der Waals surface area contributed by atoms with E-state index < -0.39 is 6.10 Å². The summed E-state index contributed by atoms with van der Waals surface area (Å²) < 4.78 is 5.56. The van der Waals surface area contributed by atoms with Crippen LogP contribution in [0, 0.1) is 0 Å². The van der Waals surface area contributed by atoms with Crippen molar-refractivity contribution in [2.75, 3.05) is 23.8 Å². The Hall–Kier alpha value is -1.63. The fourth-order valence-electron chi connectivity index (χ4n) is 2.27. The zero-order valence-electron chi connectivity index (χ0n) is 12.7. The Labute approximate surface area is 136 Å². The van der Waals surface area contributed by atoms with Crippen LogP contribution in [0.4, 0.5) is 11.4 Å². The standard InChI is InChI=1S/C15H21N3O3.ClH/c1-10(19)18(2)12-5-3-4-11(8-12)17-15(20)14-7-6-13(9-16)21-14;/h3-5,8,13-14H,6-7,9,16H2,1-2H3,(H,17,20);1H/t13-,14+;/m1./s1. The van der Waals surface area contributed by atoms with Crippen LogP contribution < -0.4 is 16.0 Å². The molecule has 0 bridgehead atoms. The Morgan fingerprint density at radius 3 is 2.73 bits per heavy atom. The quantitative estimate of drug-likeness (QED) is 0.878. The maximum atomic E-state index is 12.1. The second kappa shape index (κ2) is 8.12. The summed E-state index contributed by atoms with van der Waals surface area (Å²) in [4.78, 5) is 25.0. The first-order valence-corrected chi connectivity index (χ1v) is 7.02. The number of carbonyl (C=O) groups is 2. The Bertz CT molecular complexity index is 539. The first kappa shape index (κ1) is 18.4. The molecule has 3 N–H and O–H groups in total. The van der Waals surface area contributed by atoms with Crippen molar-refractivity contribution in [1.82, 2.24) is 0 Å². The lowest BCUT2D eigenvalue weighted by molar-refractivity contribution is -0.126. The summed E-state index contributed by atoms with van der Waals surface area (Å²) in [5.74, 6) is -0.239. The molecule has 1 aromatic rings. The SMILES string of the molecule is CC(=O)N(C)c1cccc(NC(=O)[C@@H]2CC[C@H](CN)O2)c1.Cl. The van der Waals surface area contributed by atoms with Crippen molar-refractivity contribution in [2.45, 2.75) is 32.0 Å². The van der Waals surface area contributed by atoms with E-state index >= 15 is 0 Å². The third-order valence-electron chi connectivity index (χ3n) is 3.64. The van der Waals surface area contributed by atoms with E-state index in [-0.39, 0.29) is 30.3 Å². The molecule has 1 heterocycles. The number of anilines is 2. The zero-order valence-corrected chi connectivity index (χ0v) is 13.6. The minimum Gasteiger partial charge on any atom is -0.364 e. The highest BCUT2D eigenvalue weighted by molar-refractivity contribution is 5.96. The molecule has 6 nitrogen and oxygen atoms in total. The van der Waals surface area contributed by atoms with Crippen LogP contribution in [0.1, 0.15) is 19.8 Å². The lowest BCUT2D eigenvalue weighted by atomic mass is 10.2. The summed E-state index contributed by atoms with van der Waals surface area (Å²) in [7, 11) is 1.69. The maximum Gasteiger partial charge on any atom is 0.253 e. The number of carbonyl (C=O) groups excluding carboxylic acids is 2. The molecule has 0 spiro atoms. The van der Waals surface area contributed by atoms with Gasteiger partial charge in [0.2, 0.25) is 5.91 Å². The van der Waals surface area contributed by atoms with Gasteiger partial charge in [-0.1, -0.05) is 6.07 Å². The van der Waals surface area contributed by atoms with Crippen LogP contribution in [0.3, 0.4) is 0 Å². The van der Waals surface area contributed by atoms with Crippen molar-refractivity contribution >= 4 is 35.6 Å². The van der Waals surface area contributed by atoms with Gasteiger partial charge in [0.05, 0.1) is 6.10 Å². The number of hydrogen-bond acceptors (Lipinski definition) is 4. The predicted molar refractivity (Wildman–Crippen MR) is 88.4 cm³/mol. The number of nitrogens with one attached hydrogen (secondary N) is 1. The van der Waals surface area contributed by atoms with Gasteiger partial charge in [0.1, 0.15) is 6.10 Å². The highest BCUT2D eigenvalue weighted by atomic mass is 35.5. The van der Waals surface area contributed by atoms with Crippen LogP contribution in [-0.4, -0.2) is 37.6 Å². The van der Waals surface area contributed by atoms with Crippen LogP contribution >= 0.6 is 12.4 Å². The van der Waals surface area contributed by atoms with E-state index in [2.05, 4.69) is 5.32 Å². The van der Waals surface area contributed by atoms with Crippen molar-refractivity contribution in [3.63, 3.8) is 0 Å². The molecule has 22 heavy (non-hydrogen) atoms. The van der Waals surface area contributed by atoms with Gasteiger partial charge in [-0.3, -0.25) is 9.59 Å². The Kier molecular flexibility index (Phi) is 6.80. The fourth-order valence-corrected chi connectivity index (χ4v) is 2.27. The summed E-state index contributed by atoms with van der Waals surface area (Å²) in [5.41, 5.74) is 6.91. The van der Waals surface area contributed by atoms with E-state index in [1.807, 2.05) is 6.07 Å². The van der Waals surface area contributed by atoms with Gasteiger partial charge in [0.25, 0.3) is 5.91 Å². The summed E-state index contributed by atoms with van der Waals surface area (Å²) >= 11 is 0. The first-order chi connectivity index (χ1) is 10.0. The Morgan fingerprint density at radius 1 is 1.41 bits per heavy atom. The topological polar surface area (TPSA) is 84.7 Å². The molecule has 0 aliphatic carbocycles. The van der Waals surface area contributed by atoms with Crippen molar-refractivity contribution in [3.05, 3.63) is 24.3 Å². The normalized spacial score (nSPS) is 20.1. The van der Waals surface area contributed by atoms with E-state index in [1.54, 1.807) is 25.2 Å². The number of amides is 2. The molecule has 0 unspecified atom stereocenters. The second-order valence-corrected chi connectivity index (χ2v) is 5.18. The van der Waals surface area contributed by atoms with Crippen molar-refractivity contribution < 1.29 is 14.3 Å². The van der Waals surface area contributed by atoms with Crippen LogP contribution in [0.15, 0.2) is 24.3 Å². The molecular formula is C15H22ClN3O3. The number of benzene rings is 1. The molecule has 122 valence electrons. The Balaban J connectivity index is 0.00000242. The molecular weight excluding hydrogens is 306 g/mol. The molecule has 1 aromatic carbocycles. The van der Waals surface area contributed by atoms with Crippen LogP contribution in [0.2, 0.25) is 0 Å². The number of nitrogens with two attached hydrogens (primary N) is 1. The lowest BCUT2D eigenvalue weighted by Gasteiger charge is -2.17. The van der Waals surface area contributed by atoms with Crippen LogP contribution in [0.5, 0.6) is 0 Å². The van der Waals surface area contributed by atoms with Gasteiger partial charge in [0, 0.05) is 31.9 Å². The number of ether oxygens (including phenoxy) is 1. The average molecular weight is 328 g/mol. The second-order valence-electron chi connectivity index (χ2n) is 5.18. The zero-order chi connectivity index (χ0) is 15.4. The smallest absolute Gasteiger partial charge is 0.253 e. The maximum absolute atomic E-state index is 12.1. The van der Waals surface area contributed by atoms with Gasteiger partial charge in [0.15, 0.2) is 0 Å². The summed E-state index contributed by atoms with van der Waals surface area (Å²) in [6, 6.07) is 7.15. The van der Waals surface area contributed by atoms with Crippen molar-refractivity contribution in [3.8, 4) is 0 Å². The van der Waals surface area contributed by atoms with E-state index in [0.29, 0.717) is 18.7 Å². The van der Waals surface area contributed by atoms with E-state index in [0.717, 1.165) is 12.1 Å². The van der Waals surface area contributed by atoms with E-state index in [4.69, 9.17) is 10.5 Å². The molecule has 2 atom stereocenters. The Morgan fingerprint density at radius 2 is 2.14 bits per heavy atom. The number of hydrogen-bond donors (Lipinski definition) is 2. The summed E-state index contributed by atoms with van der Waals surface area (Å²) in [5, 5.41) is 2.82. The van der Waals surface area contributed by atoms with Gasteiger partial charge in [-0.2, -0.15) is 0 Å². The number of halogens is 1. The lowest BCUT2D eigenvalue weighted by Crippen LogP contribution is -2.30. The van der Waals surface area contributed by atoms with E-state index in [1.165, 1.54) is 11.8 Å². The molecule has 1 aliphatic rings. The third kappa shape index (κ3) is 4.43. The minimum atomic E-state index is -0.451. The third-order valence-corrected chi connectivity index (χ3v) is 3.64. The molecule has 1 fully saturated rings. The summed E-state index contributed by atoms with van der Waals surface area (Å²) in [6.07, 6.45) is 1.01. The highest BCUT2D eigenvalue weighted by Gasteiger charge is 2.29. The first-order valence-electron chi connectivity index (χ1n) is 7.02. The van der Waals surface area contributed by atoms with Gasteiger partial charge in [-0.05, 0) is 31.0 Å². The van der Waals surface area contributed by atoms with Crippen LogP contribution in [-0.2, 0) is 14.3 Å². The molecule has 0 saturated carbocycles. The predicted octanol–water partition coefficient (Wildman–Crippen LogP) is 1.54. The van der Waals surface area contributed by atoms with Gasteiger partial charge in [-0.25, -0.2) is 0 Å². The average Bonchev–Trinajstić information content (AvgIpc) is 2.95. The summed E-state index contributed by atoms with van der Waals surface area (Å²) in [6.45, 7) is 1.92.